The summed E-state index contributed by atoms with van der Waals surface area (Å²) in [6.45, 7) is 8.30. The molecule has 1 N–H and O–H groups in total. The van der Waals surface area contributed by atoms with Crippen molar-refractivity contribution in [3.63, 3.8) is 0 Å². The molecule has 1 aromatic heterocycles. The van der Waals surface area contributed by atoms with Crippen LogP contribution in [0.3, 0.4) is 0 Å². The van der Waals surface area contributed by atoms with Crippen molar-refractivity contribution in [2.24, 2.45) is 0 Å². The number of aryl methyl sites for hydroxylation is 2. The SMILES string of the molecule is CCNCc1cc(COc2ccc(Cl)c(CC)c2)c(C)o1. The number of rotatable bonds is 7. The summed E-state index contributed by atoms with van der Waals surface area (Å²) in [7, 11) is 0. The van der Waals surface area contributed by atoms with Gasteiger partial charge in [-0.3, -0.25) is 0 Å². The highest BCUT2D eigenvalue weighted by Crippen LogP contribution is 2.24. The number of furan rings is 1. The Morgan fingerprint density at radius 3 is 2.71 bits per heavy atom. The molecule has 2 aromatic rings. The molecule has 0 aliphatic rings. The van der Waals surface area contributed by atoms with E-state index in [4.69, 9.17) is 20.8 Å². The van der Waals surface area contributed by atoms with Gasteiger partial charge in [0.05, 0.1) is 6.54 Å². The van der Waals surface area contributed by atoms with Gasteiger partial charge in [-0.15, -0.1) is 0 Å². The van der Waals surface area contributed by atoms with Crippen LogP contribution in [-0.4, -0.2) is 6.54 Å². The molecule has 0 aliphatic carbocycles. The Kier molecular flexibility index (Phi) is 5.71. The molecule has 0 amide bonds. The zero-order valence-electron chi connectivity index (χ0n) is 12.8. The van der Waals surface area contributed by atoms with Crippen LogP contribution in [0.5, 0.6) is 5.75 Å². The first kappa shape index (κ1) is 15.9. The topological polar surface area (TPSA) is 34.4 Å². The van der Waals surface area contributed by atoms with Crippen molar-refractivity contribution in [2.45, 2.75) is 40.3 Å². The predicted molar refractivity (Wildman–Crippen MR) is 86.0 cm³/mol. The van der Waals surface area contributed by atoms with Gasteiger partial charge in [0, 0.05) is 10.6 Å². The highest BCUT2D eigenvalue weighted by atomic mass is 35.5. The molecular weight excluding hydrogens is 286 g/mol. The Labute approximate surface area is 131 Å². The molecule has 0 atom stereocenters. The van der Waals surface area contributed by atoms with E-state index in [0.717, 1.165) is 52.9 Å². The van der Waals surface area contributed by atoms with E-state index in [2.05, 4.69) is 25.2 Å². The summed E-state index contributed by atoms with van der Waals surface area (Å²) in [5.41, 5.74) is 2.18. The van der Waals surface area contributed by atoms with Crippen LogP contribution in [0.2, 0.25) is 5.02 Å². The van der Waals surface area contributed by atoms with Gasteiger partial charge < -0.3 is 14.5 Å². The summed E-state index contributed by atoms with van der Waals surface area (Å²) in [6.07, 6.45) is 0.896. The van der Waals surface area contributed by atoms with Crippen molar-refractivity contribution in [2.75, 3.05) is 6.54 Å². The average molecular weight is 308 g/mol. The Balaban J connectivity index is 2.01. The number of hydrogen-bond donors (Lipinski definition) is 1. The van der Waals surface area contributed by atoms with Crippen molar-refractivity contribution in [3.05, 3.63) is 51.9 Å². The zero-order valence-corrected chi connectivity index (χ0v) is 13.6. The lowest BCUT2D eigenvalue weighted by molar-refractivity contribution is 0.302. The van der Waals surface area contributed by atoms with Gasteiger partial charge in [0.2, 0.25) is 0 Å². The van der Waals surface area contributed by atoms with Crippen molar-refractivity contribution in [1.29, 1.82) is 0 Å². The molecule has 1 aromatic carbocycles. The fourth-order valence-electron chi connectivity index (χ4n) is 2.14. The lowest BCUT2D eigenvalue weighted by atomic mass is 10.1. The largest absolute Gasteiger partial charge is 0.489 e. The van der Waals surface area contributed by atoms with Crippen LogP contribution < -0.4 is 10.1 Å². The number of hydrogen-bond acceptors (Lipinski definition) is 3. The maximum atomic E-state index is 6.11. The van der Waals surface area contributed by atoms with Gasteiger partial charge in [0.1, 0.15) is 23.9 Å². The van der Waals surface area contributed by atoms with E-state index in [1.807, 2.05) is 25.1 Å². The molecule has 0 unspecified atom stereocenters. The van der Waals surface area contributed by atoms with Crippen LogP contribution in [0.15, 0.2) is 28.7 Å². The molecule has 0 saturated carbocycles. The Bertz CT molecular complexity index is 592. The van der Waals surface area contributed by atoms with Crippen molar-refractivity contribution < 1.29 is 9.15 Å². The average Bonchev–Trinajstić information content (AvgIpc) is 2.84. The third-order valence-corrected chi connectivity index (χ3v) is 3.78. The summed E-state index contributed by atoms with van der Waals surface area (Å²) in [5.74, 6) is 2.69. The van der Waals surface area contributed by atoms with Crippen LogP contribution >= 0.6 is 11.6 Å². The highest BCUT2D eigenvalue weighted by molar-refractivity contribution is 6.31. The standard InChI is InChI=1S/C17H22ClNO2/c1-4-13-8-15(6-7-17(13)18)20-11-14-9-16(10-19-5-2)21-12(14)3/h6-9,19H,4-5,10-11H2,1-3H3. The second-order valence-electron chi connectivity index (χ2n) is 4.97. The zero-order chi connectivity index (χ0) is 15.2. The fourth-order valence-corrected chi connectivity index (χ4v) is 2.39. The van der Waals surface area contributed by atoms with Gasteiger partial charge in [-0.2, -0.15) is 0 Å². The van der Waals surface area contributed by atoms with Crippen LogP contribution in [0.1, 0.15) is 36.5 Å². The Hall–Kier alpha value is -1.45. The Morgan fingerprint density at radius 2 is 2.00 bits per heavy atom. The van der Waals surface area contributed by atoms with Crippen molar-refractivity contribution >= 4 is 11.6 Å². The molecule has 2 rings (SSSR count). The second-order valence-corrected chi connectivity index (χ2v) is 5.38. The van der Waals surface area contributed by atoms with E-state index in [1.54, 1.807) is 0 Å². The molecule has 1 heterocycles. The lowest BCUT2D eigenvalue weighted by Gasteiger charge is -2.08. The molecule has 0 spiro atoms. The fraction of sp³-hybridized carbons (Fsp3) is 0.412. The van der Waals surface area contributed by atoms with Gasteiger partial charge >= 0.3 is 0 Å². The minimum Gasteiger partial charge on any atom is -0.489 e. The minimum atomic E-state index is 0.506. The van der Waals surface area contributed by atoms with E-state index in [0.29, 0.717) is 6.61 Å². The monoisotopic (exact) mass is 307 g/mol. The molecule has 3 nitrogen and oxygen atoms in total. The summed E-state index contributed by atoms with van der Waals surface area (Å²) in [4.78, 5) is 0. The molecule has 0 fully saturated rings. The van der Waals surface area contributed by atoms with E-state index in [1.165, 1.54) is 0 Å². The van der Waals surface area contributed by atoms with Gasteiger partial charge in [-0.25, -0.2) is 0 Å². The summed E-state index contributed by atoms with van der Waals surface area (Å²) < 4.78 is 11.6. The number of halogens is 1. The van der Waals surface area contributed by atoms with E-state index < -0.39 is 0 Å². The van der Waals surface area contributed by atoms with Crippen LogP contribution in [0.4, 0.5) is 0 Å². The van der Waals surface area contributed by atoms with E-state index in [-0.39, 0.29) is 0 Å². The normalized spacial score (nSPS) is 10.9. The van der Waals surface area contributed by atoms with Crippen molar-refractivity contribution in [1.82, 2.24) is 5.32 Å². The number of nitrogens with one attached hydrogen (secondary N) is 1. The van der Waals surface area contributed by atoms with Gasteiger partial charge in [-0.05, 0) is 49.7 Å². The quantitative estimate of drug-likeness (QED) is 0.818. The Morgan fingerprint density at radius 1 is 1.19 bits per heavy atom. The van der Waals surface area contributed by atoms with Gasteiger partial charge in [0.25, 0.3) is 0 Å². The molecule has 21 heavy (non-hydrogen) atoms. The molecule has 0 radical (unpaired) electrons. The van der Waals surface area contributed by atoms with Gasteiger partial charge in [-0.1, -0.05) is 25.4 Å². The smallest absolute Gasteiger partial charge is 0.120 e. The summed E-state index contributed by atoms with van der Waals surface area (Å²) in [5, 5.41) is 4.04. The number of benzene rings is 1. The molecular formula is C17H22ClNO2. The van der Waals surface area contributed by atoms with Crippen LogP contribution in [-0.2, 0) is 19.6 Å². The third kappa shape index (κ3) is 4.26. The van der Waals surface area contributed by atoms with Crippen LogP contribution in [0.25, 0.3) is 0 Å². The summed E-state index contributed by atoms with van der Waals surface area (Å²) in [6, 6.07) is 7.83. The van der Waals surface area contributed by atoms with Gasteiger partial charge in [0.15, 0.2) is 0 Å². The minimum absolute atomic E-state index is 0.506. The van der Waals surface area contributed by atoms with E-state index in [9.17, 15) is 0 Å². The lowest BCUT2D eigenvalue weighted by Crippen LogP contribution is -2.10. The first-order chi connectivity index (χ1) is 10.1. The molecule has 0 saturated heterocycles. The van der Waals surface area contributed by atoms with E-state index >= 15 is 0 Å². The van der Waals surface area contributed by atoms with Crippen molar-refractivity contribution in [3.8, 4) is 5.75 Å². The molecule has 114 valence electrons. The maximum absolute atomic E-state index is 6.11. The molecule has 4 heteroatoms. The highest BCUT2D eigenvalue weighted by Gasteiger charge is 2.08. The molecule has 0 aliphatic heterocycles. The predicted octanol–water partition coefficient (Wildman–Crippen LogP) is 4.49. The first-order valence-electron chi connectivity index (χ1n) is 7.34. The maximum Gasteiger partial charge on any atom is 0.120 e. The molecule has 0 bridgehead atoms. The third-order valence-electron chi connectivity index (χ3n) is 3.41. The first-order valence-corrected chi connectivity index (χ1v) is 7.72. The number of ether oxygens (including phenoxy) is 1. The van der Waals surface area contributed by atoms with Crippen LogP contribution in [0, 0.1) is 6.92 Å². The summed E-state index contributed by atoms with van der Waals surface area (Å²) >= 11 is 6.11. The second kappa shape index (κ2) is 7.53.